The minimum absolute atomic E-state index is 0.296. The molecule has 0 aliphatic carbocycles. The van der Waals surface area contributed by atoms with Crippen molar-refractivity contribution in [2.75, 3.05) is 11.9 Å². The number of carbonyl (C=O) groups is 2. The zero-order valence-electron chi connectivity index (χ0n) is 14.3. The Morgan fingerprint density at radius 3 is 2.58 bits per heavy atom. The predicted octanol–water partition coefficient (Wildman–Crippen LogP) is 2.63. The van der Waals surface area contributed by atoms with E-state index in [0.717, 1.165) is 28.3 Å². The predicted molar refractivity (Wildman–Crippen MR) is 93.2 cm³/mol. The Labute approximate surface area is 144 Å². The van der Waals surface area contributed by atoms with E-state index in [1.165, 1.54) is 6.08 Å². The highest BCUT2D eigenvalue weighted by molar-refractivity contribution is 7.17. The molecule has 0 saturated heterocycles. The number of carbonyl (C=O) groups excluding carboxylic acids is 2. The lowest BCUT2D eigenvalue weighted by Gasteiger charge is -1.98. The molecule has 7 nitrogen and oxygen atoms in total. The van der Waals surface area contributed by atoms with Crippen LogP contribution >= 0.6 is 11.3 Å². The van der Waals surface area contributed by atoms with Crippen LogP contribution in [0.2, 0.25) is 0 Å². The number of anilines is 1. The van der Waals surface area contributed by atoms with E-state index in [4.69, 9.17) is 4.74 Å². The minimum atomic E-state index is -0.426. The average Bonchev–Trinajstić information content (AvgIpc) is 2.98. The maximum absolute atomic E-state index is 12.1. The van der Waals surface area contributed by atoms with Crippen LogP contribution in [0.5, 0.6) is 0 Å². The Bertz CT molecular complexity index is 805. The molecule has 0 fully saturated rings. The van der Waals surface area contributed by atoms with Crippen molar-refractivity contribution in [3.8, 4) is 0 Å². The van der Waals surface area contributed by atoms with Gasteiger partial charge in [-0.1, -0.05) is 11.3 Å². The number of nitrogens with one attached hydrogen (secondary N) is 1. The minimum Gasteiger partial charge on any atom is -0.462 e. The Hall–Kier alpha value is -2.48. The zero-order chi connectivity index (χ0) is 17.9. The van der Waals surface area contributed by atoms with Gasteiger partial charge in [-0.2, -0.15) is 5.10 Å². The summed E-state index contributed by atoms with van der Waals surface area (Å²) in [4.78, 5) is 28.4. The van der Waals surface area contributed by atoms with Gasteiger partial charge in [-0.05, 0) is 33.8 Å². The van der Waals surface area contributed by atoms with Gasteiger partial charge in [0.05, 0.1) is 18.0 Å². The Kier molecular flexibility index (Phi) is 5.50. The first kappa shape index (κ1) is 17.9. The number of aromatic nitrogens is 3. The van der Waals surface area contributed by atoms with Crippen molar-refractivity contribution in [1.29, 1.82) is 0 Å². The molecule has 0 saturated carbocycles. The van der Waals surface area contributed by atoms with Gasteiger partial charge >= 0.3 is 5.97 Å². The smallest absolute Gasteiger partial charge is 0.350 e. The summed E-state index contributed by atoms with van der Waals surface area (Å²) in [6.07, 6.45) is 3.15. The van der Waals surface area contributed by atoms with Gasteiger partial charge in [0.15, 0.2) is 5.13 Å². The third kappa shape index (κ3) is 3.88. The second-order valence-corrected chi connectivity index (χ2v) is 6.18. The molecule has 0 radical (unpaired) electrons. The van der Waals surface area contributed by atoms with Crippen LogP contribution in [0, 0.1) is 20.8 Å². The molecule has 0 spiro atoms. The molecule has 0 unspecified atom stereocenters. The molecular weight excluding hydrogens is 328 g/mol. The summed E-state index contributed by atoms with van der Waals surface area (Å²) in [5.41, 5.74) is 3.28. The van der Waals surface area contributed by atoms with E-state index >= 15 is 0 Å². The molecule has 2 aromatic rings. The van der Waals surface area contributed by atoms with Crippen molar-refractivity contribution in [1.82, 2.24) is 14.8 Å². The third-order valence-electron chi connectivity index (χ3n) is 3.45. The number of hydrogen-bond donors (Lipinski definition) is 1. The number of ether oxygens (including phenoxy) is 1. The second-order valence-electron chi connectivity index (χ2n) is 5.18. The standard InChI is InChI=1S/C16H20N4O3S/c1-6-23-15(22)14-10(3)17-16(24-14)18-13(21)8-7-12-9(2)19-20(5)11(12)4/h7-8H,6H2,1-5H3,(H,17,18,21)/b8-7+. The molecule has 24 heavy (non-hydrogen) atoms. The van der Waals surface area contributed by atoms with Gasteiger partial charge in [0.2, 0.25) is 5.91 Å². The van der Waals surface area contributed by atoms with Crippen LogP contribution in [-0.2, 0) is 16.6 Å². The van der Waals surface area contributed by atoms with Crippen LogP contribution in [0.4, 0.5) is 5.13 Å². The highest BCUT2D eigenvalue weighted by Crippen LogP contribution is 2.23. The van der Waals surface area contributed by atoms with E-state index < -0.39 is 5.97 Å². The molecule has 2 heterocycles. The summed E-state index contributed by atoms with van der Waals surface area (Å²) < 4.78 is 6.72. The fourth-order valence-corrected chi connectivity index (χ4v) is 3.04. The van der Waals surface area contributed by atoms with Gasteiger partial charge < -0.3 is 4.74 Å². The summed E-state index contributed by atoms with van der Waals surface area (Å²) >= 11 is 1.10. The van der Waals surface area contributed by atoms with Gasteiger partial charge in [-0.15, -0.1) is 0 Å². The number of nitrogens with zero attached hydrogens (tertiary/aromatic N) is 3. The zero-order valence-corrected chi connectivity index (χ0v) is 15.2. The fraction of sp³-hybridized carbons (Fsp3) is 0.375. The van der Waals surface area contributed by atoms with Crippen molar-refractivity contribution >= 4 is 34.4 Å². The van der Waals surface area contributed by atoms with E-state index in [1.807, 2.05) is 20.9 Å². The lowest BCUT2D eigenvalue weighted by Crippen LogP contribution is -2.07. The summed E-state index contributed by atoms with van der Waals surface area (Å²) in [6, 6.07) is 0. The van der Waals surface area contributed by atoms with E-state index in [1.54, 1.807) is 24.6 Å². The molecule has 1 amide bonds. The summed E-state index contributed by atoms with van der Waals surface area (Å²) in [7, 11) is 1.86. The summed E-state index contributed by atoms with van der Waals surface area (Å²) in [5, 5.41) is 7.32. The van der Waals surface area contributed by atoms with E-state index in [-0.39, 0.29) is 5.91 Å². The van der Waals surface area contributed by atoms with Crippen LogP contribution in [0.25, 0.3) is 6.08 Å². The molecule has 0 aliphatic rings. The van der Waals surface area contributed by atoms with Gasteiger partial charge in [0.25, 0.3) is 0 Å². The van der Waals surface area contributed by atoms with E-state index in [9.17, 15) is 9.59 Å². The first-order chi connectivity index (χ1) is 11.3. The quantitative estimate of drug-likeness (QED) is 0.663. The maximum atomic E-state index is 12.1. The van der Waals surface area contributed by atoms with Crippen molar-refractivity contribution in [2.45, 2.75) is 27.7 Å². The van der Waals surface area contributed by atoms with E-state index in [2.05, 4.69) is 15.4 Å². The molecule has 0 aliphatic heterocycles. The highest BCUT2D eigenvalue weighted by Gasteiger charge is 2.17. The number of hydrogen-bond acceptors (Lipinski definition) is 6. The summed E-state index contributed by atoms with van der Waals surface area (Å²) in [5.74, 6) is -0.744. The normalized spacial score (nSPS) is 11.0. The number of aryl methyl sites for hydroxylation is 3. The van der Waals surface area contributed by atoms with Crippen LogP contribution in [-0.4, -0.2) is 33.2 Å². The third-order valence-corrected chi connectivity index (χ3v) is 4.51. The average molecular weight is 348 g/mol. The van der Waals surface area contributed by atoms with Crippen molar-refractivity contribution in [3.05, 3.63) is 33.6 Å². The van der Waals surface area contributed by atoms with Crippen molar-refractivity contribution in [2.24, 2.45) is 7.05 Å². The molecule has 0 bridgehead atoms. The van der Waals surface area contributed by atoms with Gasteiger partial charge in [0.1, 0.15) is 4.88 Å². The van der Waals surface area contributed by atoms with Gasteiger partial charge in [0, 0.05) is 24.4 Å². The Morgan fingerprint density at radius 2 is 2.00 bits per heavy atom. The largest absolute Gasteiger partial charge is 0.462 e. The molecule has 8 heteroatoms. The van der Waals surface area contributed by atoms with Crippen LogP contribution < -0.4 is 5.32 Å². The highest BCUT2D eigenvalue weighted by atomic mass is 32.1. The molecule has 128 valence electrons. The number of esters is 1. The lowest BCUT2D eigenvalue weighted by atomic mass is 10.2. The Morgan fingerprint density at radius 1 is 1.29 bits per heavy atom. The molecule has 2 rings (SSSR count). The van der Waals surface area contributed by atoms with Gasteiger partial charge in [-0.25, -0.2) is 9.78 Å². The first-order valence-electron chi connectivity index (χ1n) is 7.47. The SMILES string of the molecule is CCOC(=O)c1sc(NC(=O)/C=C/c2c(C)nn(C)c2C)nc1C. The molecule has 2 aromatic heterocycles. The maximum Gasteiger partial charge on any atom is 0.350 e. The second kappa shape index (κ2) is 7.39. The first-order valence-corrected chi connectivity index (χ1v) is 8.29. The van der Waals surface area contributed by atoms with Crippen LogP contribution in [0.3, 0.4) is 0 Å². The fourth-order valence-electron chi connectivity index (χ4n) is 2.17. The lowest BCUT2D eigenvalue weighted by molar-refractivity contribution is -0.111. The monoisotopic (exact) mass is 348 g/mol. The van der Waals surface area contributed by atoms with Crippen molar-refractivity contribution < 1.29 is 14.3 Å². The Balaban J connectivity index is 2.09. The molecule has 0 aromatic carbocycles. The number of thiazole rings is 1. The number of rotatable bonds is 5. The molecule has 0 atom stereocenters. The molecule has 1 N–H and O–H groups in total. The number of amides is 1. The van der Waals surface area contributed by atoms with E-state index in [0.29, 0.717) is 22.3 Å². The van der Waals surface area contributed by atoms with Gasteiger partial charge in [-0.3, -0.25) is 14.8 Å². The van der Waals surface area contributed by atoms with Crippen LogP contribution in [0.1, 0.15) is 39.2 Å². The van der Waals surface area contributed by atoms with Crippen LogP contribution in [0.15, 0.2) is 6.08 Å². The molecular formula is C16H20N4O3S. The van der Waals surface area contributed by atoms with Crippen molar-refractivity contribution in [3.63, 3.8) is 0 Å². The topological polar surface area (TPSA) is 86.1 Å². The summed E-state index contributed by atoms with van der Waals surface area (Å²) in [6.45, 7) is 7.57.